The van der Waals surface area contributed by atoms with Crippen LogP contribution >= 0.6 is 0 Å². The Morgan fingerprint density at radius 3 is 2.94 bits per heavy atom. The largest absolute Gasteiger partial charge is 0.481 e. The van der Waals surface area contributed by atoms with Crippen molar-refractivity contribution in [3.05, 3.63) is 30.1 Å². The number of aromatic nitrogens is 2. The van der Waals surface area contributed by atoms with Gasteiger partial charge in [-0.25, -0.2) is 4.98 Å². The fourth-order valence-electron chi connectivity index (χ4n) is 2.12. The predicted octanol–water partition coefficient (Wildman–Crippen LogP) is 2.61. The number of benzene rings is 1. The van der Waals surface area contributed by atoms with E-state index in [9.17, 15) is 4.79 Å². The summed E-state index contributed by atoms with van der Waals surface area (Å²) in [5.41, 5.74) is 2.82. The first-order valence-electron chi connectivity index (χ1n) is 5.60. The van der Waals surface area contributed by atoms with Crippen LogP contribution in [0.5, 0.6) is 0 Å². The van der Waals surface area contributed by atoms with E-state index in [1.54, 1.807) is 6.33 Å². The van der Waals surface area contributed by atoms with Crippen molar-refractivity contribution < 1.29 is 9.90 Å². The standard InChI is InChI=1S/C13H16N2O2/c1-13(2,7-12(16)17)6-9-3-4-10-11(5-9)15-8-14-10/h3-5,8H,6-7H2,1-2H3,(H,14,15)(H,16,17). The summed E-state index contributed by atoms with van der Waals surface area (Å²) in [4.78, 5) is 18.0. The summed E-state index contributed by atoms with van der Waals surface area (Å²) in [6, 6.07) is 6.00. The molecule has 17 heavy (non-hydrogen) atoms. The molecule has 0 aliphatic rings. The molecular weight excluding hydrogens is 216 g/mol. The lowest BCUT2D eigenvalue weighted by Crippen LogP contribution is -2.19. The number of carboxylic acid groups (broad SMARTS) is 1. The maximum Gasteiger partial charge on any atom is 0.303 e. The molecule has 4 nitrogen and oxygen atoms in total. The minimum absolute atomic E-state index is 0.175. The van der Waals surface area contributed by atoms with Gasteiger partial charge < -0.3 is 10.1 Å². The van der Waals surface area contributed by atoms with E-state index in [4.69, 9.17) is 5.11 Å². The Balaban J connectivity index is 2.19. The Morgan fingerprint density at radius 2 is 2.24 bits per heavy atom. The van der Waals surface area contributed by atoms with E-state index in [0.29, 0.717) is 0 Å². The number of aromatic amines is 1. The van der Waals surface area contributed by atoms with Crippen LogP contribution in [-0.4, -0.2) is 21.0 Å². The third-order valence-corrected chi connectivity index (χ3v) is 2.80. The molecule has 0 fully saturated rings. The number of imidazole rings is 1. The minimum Gasteiger partial charge on any atom is -0.481 e. The van der Waals surface area contributed by atoms with Crippen molar-refractivity contribution in [3.63, 3.8) is 0 Å². The molecule has 90 valence electrons. The zero-order valence-corrected chi connectivity index (χ0v) is 10.0. The Bertz CT molecular complexity index is 543. The van der Waals surface area contributed by atoms with E-state index in [1.807, 2.05) is 32.0 Å². The molecule has 0 bridgehead atoms. The number of rotatable bonds is 4. The normalized spacial score (nSPS) is 11.9. The molecule has 2 rings (SSSR count). The fraction of sp³-hybridized carbons (Fsp3) is 0.385. The van der Waals surface area contributed by atoms with Gasteiger partial charge in [0.1, 0.15) is 0 Å². The Labute approximate surface area is 99.7 Å². The molecular formula is C13H16N2O2. The number of hydrogen-bond acceptors (Lipinski definition) is 2. The summed E-state index contributed by atoms with van der Waals surface area (Å²) in [7, 11) is 0. The van der Waals surface area contributed by atoms with Gasteiger partial charge in [-0.15, -0.1) is 0 Å². The number of carboxylic acids is 1. The SMILES string of the molecule is CC(C)(CC(=O)O)Cc1ccc2nc[nH]c2c1. The highest BCUT2D eigenvalue weighted by molar-refractivity contribution is 5.75. The fourth-order valence-corrected chi connectivity index (χ4v) is 2.12. The topological polar surface area (TPSA) is 66.0 Å². The molecule has 0 radical (unpaired) electrons. The molecule has 1 aromatic carbocycles. The van der Waals surface area contributed by atoms with E-state index in [-0.39, 0.29) is 11.8 Å². The van der Waals surface area contributed by atoms with Gasteiger partial charge in [-0.1, -0.05) is 19.9 Å². The molecule has 0 saturated heterocycles. The van der Waals surface area contributed by atoms with Crippen molar-refractivity contribution in [2.75, 3.05) is 0 Å². The average molecular weight is 232 g/mol. The van der Waals surface area contributed by atoms with Gasteiger partial charge in [0.15, 0.2) is 0 Å². The van der Waals surface area contributed by atoms with Crippen LogP contribution in [-0.2, 0) is 11.2 Å². The van der Waals surface area contributed by atoms with Gasteiger partial charge in [0, 0.05) is 0 Å². The Kier molecular flexibility index (Phi) is 2.88. The smallest absolute Gasteiger partial charge is 0.303 e. The van der Waals surface area contributed by atoms with Crippen LogP contribution in [0.15, 0.2) is 24.5 Å². The van der Waals surface area contributed by atoms with Crippen LogP contribution < -0.4 is 0 Å². The lowest BCUT2D eigenvalue weighted by Gasteiger charge is -2.22. The molecule has 0 atom stereocenters. The highest BCUT2D eigenvalue weighted by Gasteiger charge is 2.22. The van der Waals surface area contributed by atoms with Crippen molar-refractivity contribution in [1.82, 2.24) is 9.97 Å². The molecule has 0 saturated carbocycles. The number of fused-ring (bicyclic) bond motifs is 1. The zero-order chi connectivity index (χ0) is 12.5. The first kappa shape index (κ1) is 11.6. The summed E-state index contributed by atoms with van der Waals surface area (Å²) < 4.78 is 0. The van der Waals surface area contributed by atoms with Gasteiger partial charge in [0.2, 0.25) is 0 Å². The van der Waals surface area contributed by atoms with Crippen molar-refractivity contribution in [1.29, 1.82) is 0 Å². The second kappa shape index (κ2) is 4.20. The highest BCUT2D eigenvalue weighted by atomic mass is 16.4. The number of carbonyl (C=O) groups is 1. The number of hydrogen-bond donors (Lipinski definition) is 2. The van der Waals surface area contributed by atoms with Crippen LogP contribution in [0.2, 0.25) is 0 Å². The van der Waals surface area contributed by atoms with E-state index in [2.05, 4.69) is 9.97 Å². The maximum atomic E-state index is 10.8. The summed E-state index contributed by atoms with van der Waals surface area (Å²) in [5.74, 6) is -0.752. The lowest BCUT2D eigenvalue weighted by atomic mass is 9.83. The summed E-state index contributed by atoms with van der Waals surface area (Å²) in [5, 5.41) is 8.85. The molecule has 2 N–H and O–H groups in total. The first-order chi connectivity index (χ1) is 7.96. The second-order valence-corrected chi connectivity index (χ2v) is 5.17. The van der Waals surface area contributed by atoms with E-state index >= 15 is 0 Å². The third-order valence-electron chi connectivity index (χ3n) is 2.80. The van der Waals surface area contributed by atoms with E-state index in [1.165, 1.54) is 0 Å². The molecule has 0 spiro atoms. The van der Waals surface area contributed by atoms with Gasteiger partial charge in [0.05, 0.1) is 23.8 Å². The maximum absolute atomic E-state index is 10.8. The van der Waals surface area contributed by atoms with Crippen LogP contribution in [0.25, 0.3) is 11.0 Å². The van der Waals surface area contributed by atoms with Crippen molar-refractivity contribution >= 4 is 17.0 Å². The van der Waals surface area contributed by atoms with Crippen molar-refractivity contribution in [2.45, 2.75) is 26.7 Å². The van der Waals surface area contributed by atoms with Crippen LogP contribution in [0, 0.1) is 5.41 Å². The lowest BCUT2D eigenvalue weighted by molar-refractivity contribution is -0.139. The molecule has 0 amide bonds. The van der Waals surface area contributed by atoms with Gasteiger partial charge in [-0.05, 0) is 29.5 Å². The summed E-state index contributed by atoms with van der Waals surface area (Å²) in [6.07, 6.45) is 2.58. The van der Waals surface area contributed by atoms with Crippen molar-refractivity contribution in [2.24, 2.45) is 5.41 Å². The quantitative estimate of drug-likeness (QED) is 0.851. The zero-order valence-electron chi connectivity index (χ0n) is 10.0. The Morgan fingerprint density at radius 1 is 1.47 bits per heavy atom. The summed E-state index contributed by atoms with van der Waals surface area (Å²) >= 11 is 0. The number of aliphatic carboxylic acids is 1. The first-order valence-corrected chi connectivity index (χ1v) is 5.60. The molecule has 0 aliphatic carbocycles. The van der Waals surface area contributed by atoms with Crippen LogP contribution in [0.3, 0.4) is 0 Å². The molecule has 0 unspecified atom stereocenters. The predicted molar refractivity (Wildman–Crippen MR) is 65.8 cm³/mol. The third kappa shape index (κ3) is 2.84. The van der Waals surface area contributed by atoms with E-state index in [0.717, 1.165) is 23.0 Å². The monoisotopic (exact) mass is 232 g/mol. The summed E-state index contributed by atoms with van der Waals surface area (Å²) in [6.45, 7) is 3.94. The molecule has 4 heteroatoms. The number of nitrogens with zero attached hydrogens (tertiary/aromatic N) is 1. The Hall–Kier alpha value is -1.84. The van der Waals surface area contributed by atoms with Crippen LogP contribution in [0.4, 0.5) is 0 Å². The van der Waals surface area contributed by atoms with Crippen LogP contribution in [0.1, 0.15) is 25.8 Å². The van der Waals surface area contributed by atoms with Gasteiger partial charge in [-0.2, -0.15) is 0 Å². The van der Waals surface area contributed by atoms with Crippen molar-refractivity contribution in [3.8, 4) is 0 Å². The second-order valence-electron chi connectivity index (χ2n) is 5.17. The molecule has 1 aromatic heterocycles. The van der Waals surface area contributed by atoms with Gasteiger partial charge in [0.25, 0.3) is 0 Å². The number of H-pyrrole nitrogens is 1. The number of nitrogens with one attached hydrogen (secondary N) is 1. The average Bonchev–Trinajstić information content (AvgIpc) is 2.61. The molecule has 2 aromatic rings. The highest BCUT2D eigenvalue weighted by Crippen LogP contribution is 2.26. The minimum atomic E-state index is -0.752. The van der Waals surface area contributed by atoms with E-state index < -0.39 is 5.97 Å². The molecule has 1 heterocycles. The van der Waals surface area contributed by atoms with Gasteiger partial charge in [-0.3, -0.25) is 4.79 Å². The molecule has 0 aliphatic heterocycles. The van der Waals surface area contributed by atoms with Gasteiger partial charge >= 0.3 is 5.97 Å².